The monoisotopic (exact) mass is 247 g/mol. The number of benzene rings is 1. The van der Waals surface area contributed by atoms with Crippen LogP contribution in [-0.4, -0.2) is 37.1 Å². The molecule has 1 aliphatic heterocycles. The van der Waals surface area contributed by atoms with Crippen molar-refractivity contribution < 1.29 is 0 Å². The van der Waals surface area contributed by atoms with E-state index < -0.39 is 0 Å². The highest BCUT2D eigenvalue weighted by molar-refractivity contribution is 5.71. The van der Waals surface area contributed by atoms with E-state index in [2.05, 4.69) is 48.8 Å². The summed E-state index contributed by atoms with van der Waals surface area (Å²) in [6.07, 6.45) is 1.25. The minimum atomic E-state index is 0.680. The maximum Gasteiger partial charge on any atom is 0.0603 e. The van der Waals surface area contributed by atoms with E-state index in [0.717, 1.165) is 31.9 Å². The van der Waals surface area contributed by atoms with Crippen LogP contribution in [0.5, 0.6) is 0 Å². The fourth-order valence-corrected chi connectivity index (χ4v) is 2.94. The molecule has 1 unspecified atom stereocenters. The van der Waals surface area contributed by atoms with E-state index in [-0.39, 0.29) is 0 Å². The first-order valence-corrected chi connectivity index (χ1v) is 7.01. The fraction of sp³-hybridized carbons (Fsp3) is 0.600. The van der Waals surface area contributed by atoms with Crippen LogP contribution in [0.15, 0.2) is 18.2 Å². The number of likely N-dealkylation sites (N-methyl/N-ethyl adjacent to an activating group) is 1. The zero-order chi connectivity index (χ0) is 13.1. The van der Waals surface area contributed by atoms with Gasteiger partial charge in [0, 0.05) is 19.1 Å². The number of nitrogen functional groups attached to an aromatic ring is 1. The van der Waals surface area contributed by atoms with E-state index in [0.29, 0.717) is 6.04 Å². The molecule has 0 bridgehead atoms. The van der Waals surface area contributed by atoms with Crippen LogP contribution in [0.4, 0.5) is 11.4 Å². The lowest BCUT2D eigenvalue weighted by molar-refractivity contribution is 0.232. The molecule has 1 aromatic carbocycles. The van der Waals surface area contributed by atoms with Gasteiger partial charge in [0.2, 0.25) is 0 Å². The number of hydrogen-bond acceptors (Lipinski definition) is 3. The van der Waals surface area contributed by atoms with Crippen molar-refractivity contribution in [3.8, 4) is 0 Å². The summed E-state index contributed by atoms with van der Waals surface area (Å²) in [5, 5.41) is 0. The highest BCUT2D eigenvalue weighted by Gasteiger charge is 2.27. The van der Waals surface area contributed by atoms with Crippen LogP contribution in [0.25, 0.3) is 0 Å². The molecular weight excluding hydrogens is 222 g/mol. The van der Waals surface area contributed by atoms with Gasteiger partial charge in [-0.15, -0.1) is 0 Å². The second kappa shape index (κ2) is 5.61. The fourth-order valence-electron chi connectivity index (χ4n) is 2.94. The number of para-hydroxylation sites is 1. The Bertz CT molecular complexity index is 399. The van der Waals surface area contributed by atoms with Gasteiger partial charge in [0.25, 0.3) is 0 Å². The molecule has 1 heterocycles. The molecule has 3 heteroatoms. The lowest BCUT2D eigenvalue weighted by Crippen LogP contribution is -2.37. The van der Waals surface area contributed by atoms with Crippen LogP contribution in [0, 0.1) is 6.92 Å². The molecule has 1 saturated heterocycles. The van der Waals surface area contributed by atoms with Gasteiger partial charge in [-0.2, -0.15) is 0 Å². The Morgan fingerprint density at radius 2 is 2.06 bits per heavy atom. The van der Waals surface area contributed by atoms with Gasteiger partial charge in [0.15, 0.2) is 0 Å². The third-order valence-electron chi connectivity index (χ3n) is 4.13. The lowest BCUT2D eigenvalue weighted by Gasteiger charge is -2.27. The lowest BCUT2D eigenvalue weighted by atomic mass is 10.1. The summed E-state index contributed by atoms with van der Waals surface area (Å²) in [4.78, 5) is 4.98. The summed E-state index contributed by atoms with van der Waals surface area (Å²) < 4.78 is 0. The average molecular weight is 247 g/mol. The van der Waals surface area contributed by atoms with Crippen LogP contribution >= 0.6 is 0 Å². The van der Waals surface area contributed by atoms with Crippen molar-refractivity contribution in [2.75, 3.05) is 36.8 Å². The highest BCUT2D eigenvalue weighted by Crippen LogP contribution is 2.30. The van der Waals surface area contributed by atoms with Crippen molar-refractivity contribution in [1.29, 1.82) is 0 Å². The topological polar surface area (TPSA) is 32.5 Å². The van der Waals surface area contributed by atoms with Gasteiger partial charge in [0.1, 0.15) is 0 Å². The summed E-state index contributed by atoms with van der Waals surface area (Å²) in [5.41, 5.74) is 9.53. The molecule has 2 rings (SSSR count). The number of aryl methyl sites for hydroxylation is 1. The van der Waals surface area contributed by atoms with Gasteiger partial charge >= 0.3 is 0 Å². The van der Waals surface area contributed by atoms with E-state index >= 15 is 0 Å². The Morgan fingerprint density at radius 3 is 2.72 bits per heavy atom. The van der Waals surface area contributed by atoms with E-state index in [1.165, 1.54) is 17.7 Å². The van der Waals surface area contributed by atoms with Crippen LogP contribution in [0.2, 0.25) is 0 Å². The predicted molar refractivity (Wildman–Crippen MR) is 79.1 cm³/mol. The Balaban J connectivity index is 2.11. The summed E-state index contributed by atoms with van der Waals surface area (Å²) >= 11 is 0. The molecule has 0 aromatic heterocycles. The van der Waals surface area contributed by atoms with Crippen molar-refractivity contribution in [2.24, 2.45) is 0 Å². The molecule has 1 atom stereocenters. The molecule has 2 N–H and O–H groups in total. The van der Waals surface area contributed by atoms with Gasteiger partial charge in [-0.25, -0.2) is 0 Å². The molecule has 1 fully saturated rings. The van der Waals surface area contributed by atoms with Crippen LogP contribution < -0.4 is 10.6 Å². The summed E-state index contributed by atoms with van der Waals surface area (Å²) in [6.45, 7) is 11.1. The van der Waals surface area contributed by atoms with Crippen molar-refractivity contribution in [2.45, 2.75) is 33.2 Å². The Morgan fingerprint density at radius 1 is 1.33 bits per heavy atom. The Kier molecular flexibility index (Phi) is 4.12. The Hall–Kier alpha value is -1.22. The third kappa shape index (κ3) is 2.46. The quantitative estimate of drug-likeness (QED) is 0.830. The number of hydrogen-bond donors (Lipinski definition) is 1. The van der Waals surface area contributed by atoms with Crippen molar-refractivity contribution in [3.63, 3.8) is 0 Å². The van der Waals surface area contributed by atoms with Crippen LogP contribution in [0.3, 0.4) is 0 Å². The van der Waals surface area contributed by atoms with Crippen LogP contribution in [-0.2, 0) is 0 Å². The number of anilines is 2. The number of nitrogens with zero attached hydrogens (tertiary/aromatic N) is 2. The molecule has 1 aliphatic rings. The zero-order valence-corrected chi connectivity index (χ0v) is 11.8. The zero-order valence-electron chi connectivity index (χ0n) is 11.8. The first-order valence-electron chi connectivity index (χ1n) is 7.01. The third-order valence-corrected chi connectivity index (χ3v) is 4.13. The molecule has 100 valence electrons. The molecule has 0 spiro atoms. The summed E-state index contributed by atoms with van der Waals surface area (Å²) in [7, 11) is 0. The largest absolute Gasteiger partial charge is 0.397 e. The molecule has 0 saturated carbocycles. The molecule has 18 heavy (non-hydrogen) atoms. The first kappa shape index (κ1) is 13.2. The average Bonchev–Trinajstić information content (AvgIpc) is 2.84. The van der Waals surface area contributed by atoms with E-state index in [4.69, 9.17) is 5.73 Å². The number of nitrogens with two attached hydrogens (primary N) is 1. The van der Waals surface area contributed by atoms with Gasteiger partial charge in [-0.05, 0) is 38.1 Å². The van der Waals surface area contributed by atoms with Gasteiger partial charge < -0.3 is 10.6 Å². The predicted octanol–water partition coefficient (Wildman–Crippen LogP) is 2.50. The first-order chi connectivity index (χ1) is 8.67. The van der Waals surface area contributed by atoms with Gasteiger partial charge in [0.05, 0.1) is 11.4 Å². The van der Waals surface area contributed by atoms with Crippen LogP contribution in [0.1, 0.15) is 25.8 Å². The van der Waals surface area contributed by atoms with E-state index in [9.17, 15) is 0 Å². The summed E-state index contributed by atoms with van der Waals surface area (Å²) in [6, 6.07) is 7.01. The van der Waals surface area contributed by atoms with E-state index in [1.807, 2.05) is 0 Å². The highest BCUT2D eigenvalue weighted by atomic mass is 15.3. The minimum absolute atomic E-state index is 0.680. The van der Waals surface area contributed by atoms with E-state index in [1.54, 1.807) is 0 Å². The molecule has 0 amide bonds. The summed E-state index contributed by atoms with van der Waals surface area (Å²) in [5.74, 6) is 0. The molecule has 0 aliphatic carbocycles. The Labute approximate surface area is 111 Å². The molecule has 0 radical (unpaired) electrons. The van der Waals surface area contributed by atoms with Gasteiger partial charge in [-0.1, -0.05) is 26.0 Å². The SMILES string of the molecule is CCN(CC)C1CCN(c2cccc(C)c2N)C1. The van der Waals surface area contributed by atoms with Gasteiger partial charge in [-0.3, -0.25) is 4.90 Å². The second-order valence-electron chi connectivity index (χ2n) is 5.12. The second-order valence-corrected chi connectivity index (χ2v) is 5.12. The number of rotatable bonds is 4. The molecule has 3 nitrogen and oxygen atoms in total. The maximum absolute atomic E-state index is 6.19. The van der Waals surface area contributed by atoms with Crippen molar-refractivity contribution in [1.82, 2.24) is 4.90 Å². The normalized spacial score (nSPS) is 19.8. The molecular formula is C15H25N3. The minimum Gasteiger partial charge on any atom is -0.397 e. The van der Waals surface area contributed by atoms with Crippen molar-refractivity contribution >= 4 is 11.4 Å². The molecule has 1 aromatic rings. The maximum atomic E-state index is 6.19. The van der Waals surface area contributed by atoms with Crippen molar-refractivity contribution in [3.05, 3.63) is 23.8 Å². The standard InChI is InChI=1S/C15H25N3/c1-4-17(5-2)13-9-10-18(11-13)14-8-6-7-12(3)15(14)16/h6-8,13H,4-5,9-11,16H2,1-3H3. The smallest absolute Gasteiger partial charge is 0.0603 e.